The fourth-order valence-corrected chi connectivity index (χ4v) is 7.13. The van der Waals surface area contributed by atoms with Crippen molar-refractivity contribution in [2.45, 2.75) is 50.8 Å². The number of fused-ring (bicyclic) bond motifs is 1. The zero-order valence-electron chi connectivity index (χ0n) is 27.0. The van der Waals surface area contributed by atoms with Crippen LogP contribution in [0.25, 0.3) is 10.9 Å². The first-order valence-corrected chi connectivity index (χ1v) is 16.5. The quantitative estimate of drug-likeness (QED) is 0.0965. The van der Waals surface area contributed by atoms with Gasteiger partial charge in [-0.2, -0.15) is 5.10 Å². The minimum absolute atomic E-state index is 0.0360. The van der Waals surface area contributed by atoms with Crippen molar-refractivity contribution in [3.8, 4) is 0 Å². The van der Waals surface area contributed by atoms with E-state index in [1.54, 1.807) is 11.0 Å². The number of nitro benzene ring substituents is 1. The van der Waals surface area contributed by atoms with Crippen LogP contribution in [0.4, 0.5) is 16.2 Å². The maximum Gasteiger partial charge on any atom is 0.410 e. The summed E-state index contributed by atoms with van der Waals surface area (Å²) in [5.74, 6) is 0. The van der Waals surface area contributed by atoms with Gasteiger partial charge < -0.3 is 14.5 Å². The van der Waals surface area contributed by atoms with E-state index in [0.29, 0.717) is 28.9 Å². The van der Waals surface area contributed by atoms with E-state index in [2.05, 4.69) is 52.3 Å². The highest BCUT2D eigenvalue weighted by atomic mass is 79.9. The highest BCUT2D eigenvalue weighted by molar-refractivity contribution is 9.10. The zero-order valence-corrected chi connectivity index (χ0v) is 28.6. The number of nitro groups is 1. The largest absolute Gasteiger partial charge is 0.444 e. The molecule has 47 heavy (non-hydrogen) atoms. The van der Waals surface area contributed by atoms with Gasteiger partial charge in [-0.15, -0.1) is 0 Å². The molecule has 0 N–H and O–H groups in total. The maximum absolute atomic E-state index is 12.9. The van der Waals surface area contributed by atoms with Crippen LogP contribution in [0.1, 0.15) is 50.3 Å². The van der Waals surface area contributed by atoms with Gasteiger partial charge in [-0.25, -0.2) is 9.48 Å². The first-order valence-electron chi connectivity index (χ1n) is 15.7. The minimum atomic E-state index is -0.952. The lowest BCUT2D eigenvalue weighted by Crippen LogP contribution is -2.50. The molecule has 1 aromatic heterocycles. The predicted octanol–water partition coefficient (Wildman–Crippen LogP) is 8.38. The third-order valence-electron chi connectivity index (χ3n) is 8.80. The number of piperidine rings is 1. The van der Waals surface area contributed by atoms with Gasteiger partial charge >= 0.3 is 6.09 Å². The summed E-state index contributed by atoms with van der Waals surface area (Å²) < 4.78 is 8.12. The molecule has 0 unspecified atom stereocenters. The summed E-state index contributed by atoms with van der Waals surface area (Å²) >= 11 is 3.74. The van der Waals surface area contributed by atoms with Crippen LogP contribution in [-0.4, -0.2) is 57.5 Å². The van der Waals surface area contributed by atoms with Gasteiger partial charge in [0.15, 0.2) is 0 Å². The minimum Gasteiger partial charge on any atom is -0.444 e. The van der Waals surface area contributed by atoms with Crippen LogP contribution in [0.2, 0.25) is 0 Å². The molecule has 1 atom stereocenters. The van der Waals surface area contributed by atoms with Crippen LogP contribution in [0.15, 0.2) is 108 Å². The van der Waals surface area contributed by atoms with Crippen molar-refractivity contribution in [2.75, 3.05) is 25.0 Å². The molecule has 0 bridgehead atoms. The molecular weight excluding hydrogens is 658 g/mol. The second kappa shape index (κ2) is 12.8. The number of nitrogens with zero attached hydrogens (tertiary/aromatic N) is 5. The molecule has 0 radical (unpaired) electrons. The first-order chi connectivity index (χ1) is 22.5. The number of anilines is 1. The van der Waals surface area contributed by atoms with Crippen molar-refractivity contribution in [2.24, 2.45) is 0 Å². The molecule has 1 saturated heterocycles. The lowest BCUT2D eigenvalue weighted by molar-refractivity contribution is -0.384. The predicted molar refractivity (Wildman–Crippen MR) is 188 cm³/mol. The summed E-state index contributed by atoms with van der Waals surface area (Å²) in [7, 11) is 1.86. The summed E-state index contributed by atoms with van der Waals surface area (Å²) in [5, 5.41) is 18.6. The molecule has 6 rings (SSSR count). The van der Waals surface area contributed by atoms with E-state index in [-0.39, 0.29) is 22.7 Å². The van der Waals surface area contributed by atoms with Gasteiger partial charge in [-0.1, -0.05) is 91.0 Å². The normalized spacial score (nSPS) is 15.4. The number of benzene rings is 4. The molecule has 1 fully saturated rings. The summed E-state index contributed by atoms with van der Waals surface area (Å²) in [6.07, 6.45) is 1.17. The molecule has 10 heteroatoms. The van der Waals surface area contributed by atoms with E-state index >= 15 is 0 Å². The Labute approximate surface area is 283 Å². The Bertz CT molecular complexity index is 1790. The summed E-state index contributed by atoms with van der Waals surface area (Å²) in [4.78, 5) is 29.0. The van der Waals surface area contributed by atoms with Crippen LogP contribution >= 0.6 is 15.9 Å². The number of rotatable bonds is 7. The Kier molecular flexibility index (Phi) is 8.80. The molecule has 0 saturated carbocycles. The second-order valence-corrected chi connectivity index (χ2v) is 13.7. The van der Waals surface area contributed by atoms with Crippen LogP contribution in [0, 0.1) is 10.1 Å². The Morgan fingerprint density at radius 1 is 0.936 bits per heavy atom. The Morgan fingerprint density at radius 2 is 1.47 bits per heavy atom. The van der Waals surface area contributed by atoms with Gasteiger partial charge in [0, 0.05) is 37.6 Å². The van der Waals surface area contributed by atoms with E-state index in [9.17, 15) is 14.9 Å². The molecule has 0 aliphatic carbocycles. The monoisotopic (exact) mass is 695 g/mol. The van der Waals surface area contributed by atoms with Crippen LogP contribution in [-0.2, 0) is 10.3 Å². The molecule has 0 spiro atoms. The number of ether oxygens (including phenoxy) is 1. The van der Waals surface area contributed by atoms with Crippen LogP contribution < -0.4 is 4.90 Å². The van der Waals surface area contributed by atoms with E-state index in [4.69, 9.17) is 9.84 Å². The molecule has 9 nitrogen and oxygen atoms in total. The number of hydrogen-bond acceptors (Lipinski definition) is 6. The molecular formula is C37H38BrN5O4. The number of halogens is 1. The van der Waals surface area contributed by atoms with Gasteiger partial charge in [0.25, 0.3) is 5.69 Å². The highest BCUT2D eigenvalue weighted by Gasteiger charge is 2.42. The SMILES string of the molecule is CN(c1cc2c(Br)nn(C(c3ccccc3)(c3ccccc3)c3ccccc3)c2cc1[N+](=O)[O-])[C@@H]1CCCN(C(=O)OC(C)(C)C)C1. The number of amides is 1. The lowest BCUT2D eigenvalue weighted by Gasteiger charge is -2.39. The molecule has 1 amide bonds. The fourth-order valence-electron chi connectivity index (χ4n) is 6.65. The number of likely N-dealkylation sites (tertiary alicyclic amines) is 1. The van der Waals surface area contributed by atoms with Gasteiger partial charge in [-0.05, 0) is 72.3 Å². The van der Waals surface area contributed by atoms with Crippen molar-refractivity contribution >= 4 is 44.3 Å². The van der Waals surface area contributed by atoms with Crippen molar-refractivity contribution in [1.82, 2.24) is 14.7 Å². The number of carbonyl (C=O) groups is 1. The number of carbonyl (C=O) groups excluding carboxylic acids is 1. The van der Waals surface area contributed by atoms with E-state index in [1.807, 2.05) is 98.1 Å². The number of aromatic nitrogens is 2. The molecule has 1 aliphatic heterocycles. The molecule has 2 heterocycles. The number of hydrogen-bond donors (Lipinski definition) is 0. The molecule has 4 aromatic carbocycles. The van der Waals surface area contributed by atoms with E-state index < -0.39 is 11.1 Å². The van der Waals surface area contributed by atoms with E-state index in [0.717, 1.165) is 34.9 Å². The fraction of sp³-hybridized carbons (Fsp3) is 0.297. The molecule has 242 valence electrons. The Hall–Kier alpha value is -4.70. The summed E-state index contributed by atoms with van der Waals surface area (Å²) in [6, 6.07) is 33.7. The first kappa shape index (κ1) is 32.2. The smallest absolute Gasteiger partial charge is 0.410 e. The Morgan fingerprint density at radius 3 is 1.96 bits per heavy atom. The second-order valence-electron chi connectivity index (χ2n) is 13.0. The van der Waals surface area contributed by atoms with Crippen LogP contribution in [0.5, 0.6) is 0 Å². The topological polar surface area (TPSA) is 93.7 Å². The molecule has 1 aliphatic rings. The van der Waals surface area contributed by atoms with E-state index in [1.165, 1.54) is 0 Å². The average Bonchev–Trinajstić information content (AvgIpc) is 3.40. The van der Waals surface area contributed by atoms with Crippen molar-refractivity contribution in [3.05, 3.63) is 135 Å². The third-order valence-corrected chi connectivity index (χ3v) is 9.38. The molecule has 5 aromatic rings. The maximum atomic E-state index is 12.9. The Balaban J connectivity index is 1.53. The van der Waals surface area contributed by atoms with Gasteiger partial charge in [0.05, 0.1) is 10.4 Å². The van der Waals surface area contributed by atoms with Gasteiger partial charge in [0.1, 0.15) is 21.4 Å². The lowest BCUT2D eigenvalue weighted by atomic mass is 9.77. The van der Waals surface area contributed by atoms with Crippen molar-refractivity contribution in [3.63, 3.8) is 0 Å². The summed E-state index contributed by atoms with van der Waals surface area (Å²) in [5.41, 5.74) is 2.35. The van der Waals surface area contributed by atoms with Crippen LogP contribution in [0.3, 0.4) is 0 Å². The van der Waals surface area contributed by atoms with Crippen molar-refractivity contribution in [1.29, 1.82) is 0 Å². The van der Waals surface area contributed by atoms with Gasteiger partial charge in [0.2, 0.25) is 0 Å². The standard InChI is InChI=1S/C37H38BrN5O4/c1-36(2,3)47-35(44)41-22-14-21-29(25-41)40(4)32-23-30-31(24-33(32)43(45)46)42(39-34(30)38)37(26-15-8-5-9-16-26,27-17-10-6-11-18-27)28-19-12-7-13-20-28/h5-13,15-20,23-24,29H,14,21-22,25H2,1-4H3/t29-/m1/s1. The number of likely N-dealkylation sites (N-methyl/N-ethyl adjacent to an activating group) is 1. The zero-order chi connectivity index (χ0) is 33.3. The highest BCUT2D eigenvalue weighted by Crippen LogP contribution is 2.45. The van der Waals surface area contributed by atoms with Gasteiger partial charge in [-0.3, -0.25) is 10.1 Å². The average molecular weight is 697 g/mol. The third kappa shape index (κ3) is 6.10. The van der Waals surface area contributed by atoms with Crippen molar-refractivity contribution < 1.29 is 14.5 Å². The summed E-state index contributed by atoms with van der Waals surface area (Å²) in [6.45, 7) is 6.52.